The highest BCUT2D eigenvalue weighted by Gasteiger charge is 2.33. The van der Waals surface area contributed by atoms with E-state index in [-0.39, 0.29) is 24.8 Å². The average Bonchev–Trinajstić information content (AvgIpc) is 2.19. The Morgan fingerprint density at radius 1 is 1.11 bits per heavy atom. The summed E-state index contributed by atoms with van der Waals surface area (Å²) >= 11 is 0. The van der Waals surface area contributed by atoms with Crippen LogP contribution in [0.25, 0.3) is 0 Å². The van der Waals surface area contributed by atoms with Gasteiger partial charge in [-0.15, -0.1) is 0 Å². The van der Waals surface area contributed by atoms with Crippen molar-refractivity contribution < 1.29 is 28.2 Å². The van der Waals surface area contributed by atoms with Gasteiger partial charge in [0.2, 0.25) is 0 Å². The van der Waals surface area contributed by atoms with Crippen LogP contribution in [0.3, 0.4) is 0 Å². The minimum Gasteiger partial charge on any atom is -0.481 e. The van der Waals surface area contributed by atoms with Gasteiger partial charge in [-0.25, -0.2) is 8.42 Å². The van der Waals surface area contributed by atoms with Crippen LogP contribution >= 0.6 is 0 Å². The summed E-state index contributed by atoms with van der Waals surface area (Å²) in [6, 6.07) is 0. The molecule has 2 atom stereocenters. The van der Waals surface area contributed by atoms with E-state index in [0.717, 1.165) is 6.26 Å². The van der Waals surface area contributed by atoms with Gasteiger partial charge in [-0.3, -0.25) is 9.59 Å². The molecule has 2 unspecified atom stereocenters. The molecule has 0 aromatic heterocycles. The molecule has 0 heterocycles. The van der Waals surface area contributed by atoms with E-state index in [0.29, 0.717) is 0 Å². The van der Waals surface area contributed by atoms with E-state index in [9.17, 15) is 18.0 Å². The first-order valence-electron chi connectivity index (χ1n) is 5.88. The maximum atomic E-state index is 11.1. The van der Waals surface area contributed by atoms with Crippen LogP contribution < -0.4 is 5.32 Å². The Morgan fingerprint density at radius 3 is 1.89 bits per heavy atom. The lowest BCUT2D eigenvalue weighted by molar-refractivity contribution is -0.154. The standard InChI is InChI=1S/C11H21NO6S/c1-7(2)4-8(10(13)14)9(11(15)16)5-12-6-19(3,17)18/h7-9,12H,4-6H2,1-3H3,(H,13,14)(H,15,16). The predicted octanol–water partition coefficient (Wildman–Crippen LogP) is 0.0258. The van der Waals surface area contributed by atoms with Crippen molar-refractivity contribution in [3.05, 3.63) is 0 Å². The van der Waals surface area contributed by atoms with Gasteiger partial charge in [-0.05, 0) is 12.3 Å². The van der Waals surface area contributed by atoms with Crippen LogP contribution in [0, 0.1) is 17.8 Å². The van der Waals surface area contributed by atoms with E-state index < -0.39 is 33.6 Å². The van der Waals surface area contributed by atoms with Gasteiger partial charge in [0, 0.05) is 12.8 Å². The summed E-state index contributed by atoms with van der Waals surface area (Å²) in [4.78, 5) is 22.3. The van der Waals surface area contributed by atoms with Gasteiger partial charge in [0.1, 0.15) is 0 Å². The van der Waals surface area contributed by atoms with Crippen molar-refractivity contribution in [1.82, 2.24) is 5.32 Å². The number of carbonyl (C=O) groups is 2. The van der Waals surface area contributed by atoms with Gasteiger partial charge in [0.25, 0.3) is 0 Å². The second-order valence-electron chi connectivity index (χ2n) is 5.04. The molecule has 0 aromatic carbocycles. The van der Waals surface area contributed by atoms with Gasteiger partial charge in [0.05, 0.1) is 17.7 Å². The molecular formula is C11H21NO6S. The fourth-order valence-corrected chi connectivity index (χ4v) is 2.24. The smallest absolute Gasteiger partial charge is 0.308 e. The Balaban J connectivity index is 4.76. The third-order valence-corrected chi connectivity index (χ3v) is 3.30. The van der Waals surface area contributed by atoms with Crippen LogP contribution in [0.4, 0.5) is 0 Å². The first-order valence-corrected chi connectivity index (χ1v) is 7.94. The maximum absolute atomic E-state index is 11.1. The number of hydrogen-bond donors (Lipinski definition) is 3. The van der Waals surface area contributed by atoms with Crippen LogP contribution in [0.5, 0.6) is 0 Å². The van der Waals surface area contributed by atoms with Crippen molar-refractivity contribution in [3.63, 3.8) is 0 Å². The number of nitrogens with one attached hydrogen (secondary N) is 1. The van der Waals surface area contributed by atoms with Crippen LogP contribution in [0.2, 0.25) is 0 Å². The van der Waals surface area contributed by atoms with E-state index >= 15 is 0 Å². The highest BCUT2D eigenvalue weighted by Crippen LogP contribution is 2.21. The van der Waals surface area contributed by atoms with Crippen molar-refractivity contribution in [2.24, 2.45) is 17.8 Å². The normalized spacial score (nSPS) is 15.2. The van der Waals surface area contributed by atoms with E-state index in [2.05, 4.69) is 5.32 Å². The largest absolute Gasteiger partial charge is 0.481 e. The molecule has 0 fully saturated rings. The fraction of sp³-hybridized carbons (Fsp3) is 0.818. The quantitative estimate of drug-likeness (QED) is 0.548. The van der Waals surface area contributed by atoms with Crippen molar-refractivity contribution >= 4 is 21.8 Å². The molecule has 0 radical (unpaired) electrons. The van der Waals surface area contributed by atoms with Gasteiger partial charge < -0.3 is 15.5 Å². The van der Waals surface area contributed by atoms with Crippen molar-refractivity contribution in [2.45, 2.75) is 20.3 Å². The first-order chi connectivity index (χ1) is 8.54. The molecule has 0 saturated heterocycles. The second-order valence-corrected chi connectivity index (χ2v) is 7.18. The Kier molecular flexibility index (Phi) is 6.99. The summed E-state index contributed by atoms with van der Waals surface area (Å²) in [6.45, 7) is 3.42. The number of aliphatic carboxylic acids is 2. The monoisotopic (exact) mass is 295 g/mol. The van der Waals surface area contributed by atoms with Gasteiger partial charge >= 0.3 is 11.9 Å². The van der Waals surface area contributed by atoms with Crippen molar-refractivity contribution in [2.75, 3.05) is 18.7 Å². The minimum atomic E-state index is -3.27. The first kappa shape index (κ1) is 17.8. The highest BCUT2D eigenvalue weighted by molar-refractivity contribution is 7.90. The lowest BCUT2D eigenvalue weighted by atomic mass is 9.85. The molecule has 3 N–H and O–H groups in total. The number of carboxylic acid groups (broad SMARTS) is 2. The summed E-state index contributed by atoms with van der Waals surface area (Å²) in [5.74, 6) is -4.94. The van der Waals surface area contributed by atoms with Gasteiger partial charge in [-0.2, -0.15) is 0 Å². The van der Waals surface area contributed by atoms with Crippen LogP contribution in [0.1, 0.15) is 20.3 Å². The number of sulfone groups is 1. The maximum Gasteiger partial charge on any atom is 0.308 e. The third kappa shape index (κ3) is 7.78. The average molecular weight is 295 g/mol. The molecule has 112 valence electrons. The highest BCUT2D eigenvalue weighted by atomic mass is 32.2. The van der Waals surface area contributed by atoms with Gasteiger partial charge in [0.15, 0.2) is 9.84 Å². The zero-order chi connectivity index (χ0) is 15.2. The molecule has 0 bridgehead atoms. The van der Waals surface area contributed by atoms with Gasteiger partial charge in [-0.1, -0.05) is 13.8 Å². The fourth-order valence-electron chi connectivity index (χ4n) is 1.75. The van der Waals surface area contributed by atoms with Crippen LogP contribution in [-0.2, 0) is 19.4 Å². The molecule has 0 saturated carbocycles. The van der Waals surface area contributed by atoms with Crippen molar-refractivity contribution in [1.29, 1.82) is 0 Å². The van der Waals surface area contributed by atoms with E-state index in [1.807, 2.05) is 0 Å². The summed E-state index contributed by atoms with van der Waals surface area (Å²) in [5, 5.41) is 20.7. The number of rotatable bonds is 9. The molecule has 8 heteroatoms. The van der Waals surface area contributed by atoms with Crippen molar-refractivity contribution in [3.8, 4) is 0 Å². The van der Waals surface area contributed by atoms with E-state index in [1.165, 1.54) is 0 Å². The Hall–Kier alpha value is -1.15. The molecule has 0 amide bonds. The summed E-state index contributed by atoms with van der Waals surface area (Å²) in [6.07, 6.45) is 1.24. The predicted molar refractivity (Wildman–Crippen MR) is 69.4 cm³/mol. The zero-order valence-corrected chi connectivity index (χ0v) is 12.1. The Labute approximate surface area is 112 Å². The van der Waals surface area contributed by atoms with Crippen LogP contribution in [-0.4, -0.2) is 49.2 Å². The summed E-state index contributed by atoms with van der Waals surface area (Å²) < 4.78 is 21.9. The molecule has 0 rings (SSSR count). The Bertz CT molecular complexity index is 417. The number of hydrogen-bond acceptors (Lipinski definition) is 5. The summed E-state index contributed by atoms with van der Waals surface area (Å²) in [7, 11) is -3.27. The third-order valence-electron chi connectivity index (χ3n) is 2.57. The minimum absolute atomic E-state index is 0.0397. The molecule has 0 aliphatic heterocycles. The molecule has 0 aliphatic rings. The molecule has 0 aromatic rings. The molecule has 7 nitrogen and oxygen atoms in total. The molecule has 0 spiro atoms. The molecule has 0 aliphatic carbocycles. The number of carboxylic acids is 2. The lowest BCUT2D eigenvalue weighted by Crippen LogP contribution is -2.39. The molecular weight excluding hydrogens is 274 g/mol. The summed E-state index contributed by atoms with van der Waals surface area (Å²) in [5.41, 5.74) is 0. The molecule has 19 heavy (non-hydrogen) atoms. The second kappa shape index (κ2) is 7.44. The van der Waals surface area contributed by atoms with E-state index in [4.69, 9.17) is 10.2 Å². The zero-order valence-electron chi connectivity index (χ0n) is 11.3. The van der Waals surface area contributed by atoms with Crippen LogP contribution in [0.15, 0.2) is 0 Å². The lowest BCUT2D eigenvalue weighted by Gasteiger charge is -2.22. The Morgan fingerprint density at radius 2 is 1.58 bits per heavy atom. The van der Waals surface area contributed by atoms with E-state index in [1.54, 1.807) is 13.8 Å². The SMILES string of the molecule is CC(C)CC(C(=O)O)C(CNCS(C)(=O)=O)C(=O)O. The topological polar surface area (TPSA) is 121 Å².